The van der Waals surface area contributed by atoms with E-state index in [1.165, 1.54) is 36.2 Å². The fraction of sp³-hybridized carbons (Fsp3) is 0.500. The van der Waals surface area contributed by atoms with Gasteiger partial charge in [-0.15, -0.1) is 0 Å². The molecule has 1 heterocycles. The van der Waals surface area contributed by atoms with Crippen LogP contribution in [0.15, 0.2) is 40.6 Å². The number of hydrogen-bond donors (Lipinski definition) is 2. The van der Waals surface area contributed by atoms with E-state index < -0.39 is 0 Å². The van der Waals surface area contributed by atoms with Crippen LogP contribution in [-0.4, -0.2) is 21.2 Å². The van der Waals surface area contributed by atoms with Crippen LogP contribution >= 0.6 is 11.8 Å². The molecule has 0 aliphatic heterocycles. The molecule has 1 aromatic carbocycles. The van der Waals surface area contributed by atoms with Gasteiger partial charge in [-0.3, -0.25) is 5.10 Å². The van der Waals surface area contributed by atoms with Gasteiger partial charge in [-0.1, -0.05) is 25.6 Å². The minimum Gasteiger partial charge on any atom is -0.382 e. The van der Waals surface area contributed by atoms with Gasteiger partial charge >= 0.3 is 0 Å². The molecular weight excluding hydrogens is 280 g/mol. The Morgan fingerprint density at radius 2 is 1.81 bits per heavy atom. The third-order valence-corrected chi connectivity index (χ3v) is 4.91. The Hall–Kier alpha value is -1.49. The summed E-state index contributed by atoms with van der Waals surface area (Å²) in [6.07, 6.45) is 5.45. The predicted molar refractivity (Wildman–Crippen MR) is 86.5 cm³/mol. The van der Waals surface area contributed by atoms with E-state index in [0.29, 0.717) is 6.04 Å². The molecule has 1 aromatic heterocycles. The summed E-state index contributed by atoms with van der Waals surface area (Å²) >= 11 is 1.59. The van der Waals surface area contributed by atoms with Crippen LogP contribution < -0.4 is 5.32 Å². The molecule has 21 heavy (non-hydrogen) atoms. The lowest BCUT2D eigenvalue weighted by Gasteiger charge is -2.32. The van der Waals surface area contributed by atoms with Crippen molar-refractivity contribution in [2.75, 3.05) is 5.32 Å². The number of nitrogens with zero attached hydrogens (tertiary/aromatic N) is 2. The molecule has 1 aliphatic rings. The zero-order chi connectivity index (χ0) is 14.7. The first kappa shape index (κ1) is 14.4. The highest BCUT2D eigenvalue weighted by Gasteiger charge is 2.23. The van der Waals surface area contributed by atoms with E-state index in [2.05, 4.69) is 58.6 Å². The van der Waals surface area contributed by atoms with Crippen molar-refractivity contribution >= 4 is 17.4 Å². The molecule has 4 nitrogen and oxygen atoms in total. The maximum Gasteiger partial charge on any atom is 0.188 e. The highest BCUT2D eigenvalue weighted by atomic mass is 32.2. The lowest BCUT2D eigenvalue weighted by molar-refractivity contribution is 0.281. The molecule has 0 amide bonds. The topological polar surface area (TPSA) is 53.6 Å². The number of anilines is 1. The van der Waals surface area contributed by atoms with Gasteiger partial charge in [0.2, 0.25) is 0 Å². The number of hydrogen-bond acceptors (Lipinski definition) is 4. The van der Waals surface area contributed by atoms with Crippen LogP contribution in [0.4, 0.5) is 5.69 Å². The Bertz CT molecular complexity index is 542. The van der Waals surface area contributed by atoms with Crippen molar-refractivity contribution in [3.63, 3.8) is 0 Å². The Morgan fingerprint density at radius 1 is 1.10 bits per heavy atom. The van der Waals surface area contributed by atoms with Crippen LogP contribution in [0.2, 0.25) is 0 Å². The average Bonchev–Trinajstić information content (AvgIpc) is 2.93. The molecule has 2 unspecified atom stereocenters. The molecule has 3 rings (SSSR count). The molecule has 0 bridgehead atoms. The van der Waals surface area contributed by atoms with Crippen molar-refractivity contribution in [2.24, 2.45) is 11.8 Å². The summed E-state index contributed by atoms with van der Waals surface area (Å²) < 4.78 is 0. The van der Waals surface area contributed by atoms with Crippen molar-refractivity contribution in [2.45, 2.75) is 49.2 Å². The van der Waals surface area contributed by atoms with Gasteiger partial charge in [-0.25, -0.2) is 4.98 Å². The molecule has 1 saturated carbocycles. The first-order valence-electron chi connectivity index (χ1n) is 7.59. The number of benzene rings is 1. The van der Waals surface area contributed by atoms with E-state index >= 15 is 0 Å². The zero-order valence-electron chi connectivity index (χ0n) is 12.5. The maximum absolute atomic E-state index is 4.12. The van der Waals surface area contributed by atoms with E-state index in [-0.39, 0.29) is 0 Å². The quantitative estimate of drug-likeness (QED) is 0.889. The SMILES string of the molecule is CC1CC(C)CC(Nc2ccc(Sc3ncn[nH]3)cc2)C1. The molecule has 0 saturated heterocycles. The largest absolute Gasteiger partial charge is 0.382 e. The smallest absolute Gasteiger partial charge is 0.188 e. The molecule has 112 valence electrons. The summed E-state index contributed by atoms with van der Waals surface area (Å²) in [6.45, 7) is 4.73. The minimum absolute atomic E-state index is 0.608. The van der Waals surface area contributed by atoms with Gasteiger partial charge in [0.1, 0.15) is 6.33 Å². The van der Waals surface area contributed by atoms with Crippen LogP contribution in [0.3, 0.4) is 0 Å². The number of aromatic nitrogens is 3. The fourth-order valence-electron chi connectivity index (χ4n) is 3.27. The van der Waals surface area contributed by atoms with Crippen molar-refractivity contribution in [1.82, 2.24) is 15.2 Å². The Kier molecular flexibility index (Phi) is 4.48. The van der Waals surface area contributed by atoms with Gasteiger partial charge in [0.15, 0.2) is 5.16 Å². The van der Waals surface area contributed by atoms with E-state index in [9.17, 15) is 0 Å². The van der Waals surface area contributed by atoms with Gasteiger partial charge < -0.3 is 5.32 Å². The summed E-state index contributed by atoms with van der Waals surface area (Å²) in [6, 6.07) is 9.18. The minimum atomic E-state index is 0.608. The normalized spacial score (nSPS) is 25.7. The monoisotopic (exact) mass is 302 g/mol. The highest BCUT2D eigenvalue weighted by molar-refractivity contribution is 7.99. The first-order valence-corrected chi connectivity index (χ1v) is 8.40. The molecule has 0 spiro atoms. The van der Waals surface area contributed by atoms with Gasteiger partial charge in [-0.2, -0.15) is 5.10 Å². The zero-order valence-corrected chi connectivity index (χ0v) is 13.4. The van der Waals surface area contributed by atoms with Crippen LogP contribution in [0.25, 0.3) is 0 Å². The molecule has 0 radical (unpaired) electrons. The number of rotatable bonds is 4. The van der Waals surface area contributed by atoms with Crippen molar-refractivity contribution in [3.8, 4) is 0 Å². The molecule has 5 heteroatoms. The molecule has 2 N–H and O–H groups in total. The van der Waals surface area contributed by atoms with Crippen molar-refractivity contribution < 1.29 is 0 Å². The average molecular weight is 302 g/mol. The molecule has 2 aromatic rings. The summed E-state index contributed by atoms with van der Waals surface area (Å²) in [5.74, 6) is 1.65. The van der Waals surface area contributed by atoms with Crippen LogP contribution in [0.5, 0.6) is 0 Å². The Labute approximate surface area is 130 Å². The van der Waals surface area contributed by atoms with Crippen LogP contribution in [-0.2, 0) is 0 Å². The Balaban J connectivity index is 1.59. The first-order chi connectivity index (χ1) is 10.2. The summed E-state index contributed by atoms with van der Waals surface area (Å²) in [5.41, 5.74) is 1.21. The van der Waals surface area contributed by atoms with E-state index in [1.807, 2.05) is 0 Å². The van der Waals surface area contributed by atoms with Crippen LogP contribution in [0.1, 0.15) is 33.1 Å². The second kappa shape index (κ2) is 6.52. The predicted octanol–water partition coefficient (Wildman–Crippen LogP) is 4.19. The van der Waals surface area contributed by atoms with Gasteiger partial charge in [0, 0.05) is 16.6 Å². The Morgan fingerprint density at radius 3 is 2.43 bits per heavy atom. The lowest BCUT2D eigenvalue weighted by Crippen LogP contribution is -2.30. The molecule has 2 atom stereocenters. The van der Waals surface area contributed by atoms with Gasteiger partial charge in [-0.05, 0) is 55.4 Å². The van der Waals surface area contributed by atoms with E-state index in [1.54, 1.807) is 11.8 Å². The standard InChI is InChI=1S/C16H22N4S/c1-11-7-12(2)9-14(8-11)19-13-3-5-15(6-4-13)21-16-17-10-18-20-16/h3-6,10-12,14,19H,7-9H2,1-2H3,(H,17,18,20). The van der Waals surface area contributed by atoms with Crippen molar-refractivity contribution in [1.29, 1.82) is 0 Å². The lowest BCUT2D eigenvalue weighted by atomic mass is 9.80. The van der Waals surface area contributed by atoms with E-state index in [4.69, 9.17) is 0 Å². The molecular formula is C16H22N4S. The second-order valence-electron chi connectivity index (χ2n) is 6.18. The number of nitrogens with one attached hydrogen (secondary N) is 2. The van der Waals surface area contributed by atoms with Crippen molar-refractivity contribution in [3.05, 3.63) is 30.6 Å². The highest BCUT2D eigenvalue weighted by Crippen LogP contribution is 2.31. The third-order valence-electron chi connectivity index (χ3n) is 4.01. The molecule has 1 fully saturated rings. The summed E-state index contributed by atoms with van der Waals surface area (Å²) in [5, 5.41) is 11.2. The third kappa shape index (κ3) is 4.00. The van der Waals surface area contributed by atoms with Gasteiger partial charge in [0.25, 0.3) is 0 Å². The summed E-state index contributed by atoms with van der Waals surface area (Å²) in [4.78, 5) is 5.29. The van der Waals surface area contributed by atoms with Crippen LogP contribution in [0, 0.1) is 11.8 Å². The second-order valence-corrected chi connectivity index (χ2v) is 7.24. The summed E-state index contributed by atoms with van der Waals surface area (Å²) in [7, 11) is 0. The fourth-order valence-corrected chi connectivity index (χ4v) is 3.97. The molecule has 1 aliphatic carbocycles. The maximum atomic E-state index is 4.12. The van der Waals surface area contributed by atoms with Gasteiger partial charge in [0.05, 0.1) is 0 Å². The number of H-pyrrole nitrogens is 1. The van der Waals surface area contributed by atoms with E-state index in [0.717, 1.165) is 17.0 Å². The number of aromatic amines is 1.